The third-order valence-electron chi connectivity index (χ3n) is 2.90. The second-order valence-corrected chi connectivity index (χ2v) is 4.61. The third kappa shape index (κ3) is 3.20. The van der Waals surface area contributed by atoms with Crippen LogP contribution in [0.2, 0.25) is 5.02 Å². The molecular formula is C13H17ClO3. The second-order valence-electron chi connectivity index (χ2n) is 4.17. The first-order chi connectivity index (χ1) is 7.92. The molecule has 1 aromatic carbocycles. The Morgan fingerprint density at radius 2 is 2.06 bits per heavy atom. The first-order valence-corrected chi connectivity index (χ1v) is 5.69. The Morgan fingerprint density at radius 3 is 2.53 bits per heavy atom. The highest BCUT2D eigenvalue weighted by Crippen LogP contribution is 2.23. The first-order valence-electron chi connectivity index (χ1n) is 5.31. The lowest BCUT2D eigenvalue weighted by molar-refractivity contribution is -0.163. The largest absolute Gasteiger partial charge is 0.467 e. The minimum Gasteiger partial charge on any atom is -0.467 e. The van der Waals surface area contributed by atoms with Crippen LogP contribution in [0.15, 0.2) is 18.2 Å². The molecule has 1 unspecified atom stereocenters. The Kier molecular flexibility index (Phi) is 4.54. The Hall–Kier alpha value is -1.06. The topological polar surface area (TPSA) is 35.5 Å². The molecule has 0 aliphatic rings. The number of halogens is 1. The molecule has 0 N–H and O–H groups in total. The quantitative estimate of drug-likeness (QED) is 0.777. The minimum atomic E-state index is -0.965. The summed E-state index contributed by atoms with van der Waals surface area (Å²) in [6.45, 7) is 3.67. The summed E-state index contributed by atoms with van der Waals surface area (Å²) in [6, 6.07) is 5.57. The molecule has 0 heterocycles. The average molecular weight is 257 g/mol. The predicted octanol–water partition coefficient (Wildman–Crippen LogP) is 2.77. The number of hydrogen-bond acceptors (Lipinski definition) is 3. The maximum absolute atomic E-state index is 11.7. The minimum absolute atomic E-state index is 0.380. The van der Waals surface area contributed by atoms with Gasteiger partial charge in [-0.15, -0.1) is 0 Å². The molecule has 0 amide bonds. The summed E-state index contributed by atoms with van der Waals surface area (Å²) in [6.07, 6.45) is 0.458. The van der Waals surface area contributed by atoms with Crippen LogP contribution in [0.4, 0.5) is 0 Å². The molecule has 94 valence electrons. The van der Waals surface area contributed by atoms with Gasteiger partial charge in [0.25, 0.3) is 0 Å². The van der Waals surface area contributed by atoms with Crippen molar-refractivity contribution in [2.75, 3.05) is 14.2 Å². The Balaban J connectivity index is 2.99. The summed E-state index contributed by atoms with van der Waals surface area (Å²) < 4.78 is 10.0. The van der Waals surface area contributed by atoms with Crippen LogP contribution in [0.1, 0.15) is 18.1 Å². The molecule has 0 radical (unpaired) electrons. The van der Waals surface area contributed by atoms with Crippen LogP contribution in [-0.4, -0.2) is 25.8 Å². The molecular weight excluding hydrogens is 240 g/mol. The molecule has 1 aromatic rings. The van der Waals surface area contributed by atoms with Gasteiger partial charge in [0, 0.05) is 18.6 Å². The molecule has 0 bridgehead atoms. The van der Waals surface area contributed by atoms with Crippen molar-refractivity contribution in [3.63, 3.8) is 0 Å². The van der Waals surface area contributed by atoms with Gasteiger partial charge in [-0.1, -0.05) is 17.7 Å². The van der Waals surface area contributed by atoms with E-state index in [0.29, 0.717) is 11.4 Å². The zero-order valence-electron chi connectivity index (χ0n) is 10.5. The third-order valence-corrected chi connectivity index (χ3v) is 3.14. The monoisotopic (exact) mass is 256 g/mol. The van der Waals surface area contributed by atoms with Gasteiger partial charge < -0.3 is 9.47 Å². The van der Waals surface area contributed by atoms with Crippen LogP contribution < -0.4 is 0 Å². The predicted molar refractivity (Wildman–Crippen MR) is 67.3 cm³/mol. The number of methoxy groups -OCH3 is 2. The van der Waals surface area contributed by atoms with E-state index in [4.69, 9.17) is 21.1 Å². The Morgan fingerprint density at radius 1 is 1.41 bits per heavy atom. The lowest BCUT2D eigenvalue weighted by Gasteiger charge is -2.25. The van der Waals surface area contributed by atoms with Gasteiger partial charge in [-0.05, 0) is 37.1 Å². The molecule has 0 fully saturated rings. The fourth-order valence-electron chi connectivity index (χ4n) is 1.66. The number of carbonyl (C=O) groups is 1. The van der Waals surface area contributed by atoms with E-state index in [1.807, 2.05) is 19.1 Å². The van der Waals surface area contributed by atoms with Crippen LogP contribution >= 0.6 is 11.6 Å². The van der Waals surface area contributed by atoms with E-state index in [0.717, 1.165) is 11.1 Å². The van der Waals surface area contributed by atoms with Crippen molar-refractivity contribution >= 4 is 17.6 Å². The summed E-state index contributed by atoms with van der Waals surface area (Å²) in [7, 11) is 2.86. The van der Waals surface area contributed by atoms with E-state index < -0.39 is 5.60 Å². The summed E-state index contributed by atoms with van der Waals surface area (Å²) in [5.41, 5.74) is 1.08. The van der Waals surface area contributed by atoms with E-state index in [1.54, 1.807) is 13.0 Å². The number of hydrogen-bond donors (Lipinski definition) is 0. The van der Waals surface area contributed by atoms with Crippen molar-refractivity contribution in [3.8, 4) is 0 Å². The molecule has 0 aliphatic carbocycles. The summed E-state index contributed by atoms with van der Waals surface area (Å²) >= 11 is 5.89. The SMILES string of the molecule is COC(=O)C(C)(Cc1ccc(Cl)cc1C)OC. The Bertz CT molecular complexity index is 417. The molecule has 17 heavy (non-hydrogen) atoms. The molecule has 0 spiro atoms. The molecule has 1 atom stereocenters. The van der Waals surface area contributed by atoms with Crippen molar-refractivity contribution in [2.24, 2.45) is 0 Å². The van der Waals surface area contributed by atoms with Crippen molar-refractivity contribution in [3.05, 3.63) is 34.3 Å². The van der Waals surface area contributed by atoms with Gasteiger partial charge in [-0.3, -0.25) is 0 Å². The molecule has 0 saturated heterocycles. The zero-order chi connectivity index (χ0) is 13.1. The van der Waals surface area contributed by atoms with E-state index in [2.05, 4.69) is 0 Å². The maximum atomic E-state index is 11.7. The Labute approximate surface area is 107 Å². The summed E-state index contributed by atoms with van der Waals surface area (Å²) in [5.74, 6) is -0.380. The van der Waals surface area contributed by atoms with Gasteiger partial charge in [0.05, 0.1) is 7.11 Å². The van der Waals surface area contributed by atoms with Gasteiger partial charge in [0.1, 0.15) is 0 Å². The van der Waals surface area contributed by atoms with Crippen LogP contribution in [0.3, 0.4) is 0 Å². The highest BCUT2D eigenvalue weighted by atomic mass is 35.5. The standard InChI is InChI=1S/C13H17ClO3/c1-9-7-11(14)6-5-10(9)8-13(2,17-4)12(15)16-3/h5-7H,8H2,1-4H3. The highest BCUT2D eigenvalue weighted by Gasteiger charge is 2.34. The normalized spacial score (nSPS) is 14.2. The van der Waals surface area contributed by atoms with E-state index >= 15 is 0 Å². The number of benzene rings is 1. The number of aryl methyl sites for hydroxylation is 1. The lowest BCUT2D eigenvalue weighted by Crippen LogP contribution is -2.40. The van der Waals surface area contributed by atoms with Crippen molar-refractivity contribution in [1.29, 1.82) is 0 Å². The smallest absolute Gasteiger partial charge is 0.338 e. The van der Waals surface area contributed by atoms with Gasteiger partial charge in [0.2, 0.25) is 0 Å². The van der Waals surface area contributed by atoms with Crippen LogP contribution in [0.25, 0.3) is 0 Å². The zero-order valence-corrected chi connectivity index (χ0v) is 11.3. The van der Waals surface area contributed by atoms with Crippen LogP contribution in [0, 0.1) is 6.92 Å². The highest BCUT2D eigenvalue weighted by molar-refractivity contribution is 6.30. The molecule has 0 saturated carbocycles. The van der Waals surface area contributed by atoms with Crippen molar-refractivity contribution in [1.82, 2.24) is 0 Å². The van der Waals surface area contributed by atoms with Gasteiger partial charge in [-0.2, -0.15) is 0 Å². The number of carbonyl (C=O) groups excluding carboxylic acids is 1. The van der Waals surface area contributed by atoms with E-state index in [-0.39, 0.29) is 5.97 Å². The van der Waals surface area contributed by atoms with Gasteiger partial charge in [-0.25, -0.2) is 4.79 Å². The number of rotatable bonds is 4. The molecule has 4 heteroatoms. The fraction of sp³-hybridized carbons (Fsp3) is 0.462. The molecule has 1 rings (SSSR count). The van der Waals surface area contributed by atoms with Crippen molar-refractivity contribution < 1.29 is 14.3 Å². The average Bonchev–Trinajstić information content (AvgIpc) is 2.31. The lowest BCUT2D eigenvalue weighted by atomic mass is 9.93. The first kappa shape index (κ1) is 14.0. The second kappa shape index (κ2) is 5.52. The van der Waals surface area contributed by atoms with Gasteiger partial charge in [0.15, 0.2) is 5.60 Å². The summed E-state index contributed by atoms with van der Waals surface area (Å²) in [5, 5.41) is 0.684. The van der Waals surface area contributed by atoms with Crippen LogP contribution in [0.5, 0.6) is 0 Å². The summed E-state index contributed by atoms with van der Waals surface area (Å²) in [4.78, 5) is 11.7. The fourth-order valence-corrected chi connectivity index (χ4v) is 1.89. The van der Waals surface area contributed by atoms with E-state index in [9.17, 15) is 4.79 Å². The van der Waals surface area contributed by atoms with E-state index in [1.165, 1.54) is 14.2 Å². The molecule has 0 aliphatic heterocycles. The van der Waals surface area contributed by atoms with Gasteiger partial charge >= 0.3 is 5.97 Å². The van der Waals surface area contributed by atoms with Crippen molar-refractivity contribution in [2.45, 2.75) is 25.9 Å². The number of ether oxygens (including phenoxy) is 2. The number of esters is 1. The molecule has 3 nitrogen and oxygen atoms in total. The maximum Gasteiger partial charge on any atom is 0.338 e. The van der Waals surface area contributed by atoms with Crippen LogP contribution in [-0.2, 0) is 20.7 Å². The molecule has 0 aromatic heterocycles.